The molecule has 0 bridgehead atoms. The van der Waals surface area contributed by atoms with Crippen LogP contribution in [0.25, 0.3) is 0 Å². The van der Waals surface area contributed by atoms with Gasteiger partial charge >= 0.3 is 0 Å². The third-order valence-electron chi connectivity index (χ3n) is 2.89. The summed E-state index contributed by atoms with van der Waals surface area (Å²) in [6.45, 7) is 18.2. The molecule has 0 radical (unpaired) electrons. The zero-order valence-electron chi connectivity index (χ0n) is 12.8. The SMILES string of the molecule is CC(C)NCC(C)OCCN(C(C)C)C(C)C. The Morgan fingerprint density at radius 3 is 1.88 bits per heavy atom. The van der Waals surface area contributed by atoms with Crippen molar-refractivity contribution in [2.24, 2.45) is 0 Å². The van der Waals surface area contributed by atoms with Gasteiger partial charge in [0.1, 0.15) is 0 Å². The smallest absolute Gasteiger partial charge is 0.0672 e. The summed E-state index contributed by atoms with van der Waals surface area (Å²) in [5, 5.41) is 3.39. The van der Waals surface area contributed by atoms with Crippen LogP contribution < -0.4 is 5.32 Å². The first-order valence-corrected chi connectivity index (χ1v) is 6.95. The van der Waals surface area contributed by atoms with Crippen molar-refractivity contribution in [3.63, 3.8) is 0 Å². The molecule has 1 N–H and O–H groups in total. The second-order valence-electron chi connectivity index (χ2n) is 5.67. The van der Waals surface area contributed by atoms with Crippen LogP contribution in [0.5, 0.6) is 0 Å². The third kappa shape index (κ3) is 8.58. The molecule has 0 saturated heterocycles. The lowest BCUT2D eigenvalue weighted by Crippen LogP contribution is -2.40. The highest BCUT2D eigenvalue weighted by atomic mass is 16.5. The van der Waals surface area contributed by atoms with Crippen molar-refractivity contribution in [2.75, 3.05) is 19.7 Å². The first-order chi connectivity index (χ1) is 7.84. The molecule has 104 valence electrons. The Morgan fingerprint density at radius 1 is 0.941 bits per heavy atom. The van der Waals surface area contributed by atoms with Crippen LogP contribution in [0, 0.1) is 0 Å². The van der Waals surface area contributed by atoms with Gasteiger partial charge in [-0.15, -0.1) is 0 Å². The lowest BCUT2D eigenvalue weighted by atomic mass is 10.2. The van der Waals surface area contributed by atoms with E-state index >= 15 is 0 Å². The summed E-state index contributed by atoms with van der Waals surface area (Å²) < 4.78 is 5.82. The molecule has 0 spiro atoms. The normalized spacial score (nSPS) is 14.3. The molecule has 0 fully saturated rings. The summed E-state index contributed by atoms with van der Waals surface area (Å²) in [4.78, 5) is 2.46. The van der Waals surface area contributed by atoms with Crippen molar-refractivity contribution >= 4 is 0 Å². The first kappa shape index (κ1) is 16.9. The van der Waals surface area contributed by atoms with Crippen molar-refractivity contribution in [1.29, 1.82) is 0 Å². The quantitative estimate of drug-likeness (QED) is 0.674. The van der Waals surface area contributed by atoms with E-state index in [2.05, 4.69) is 58.7 Å². The van der Waals surface area contributed by atoms with E-state index in [1.54, 1.807) is 0 Å². The van der Waals surface area contributed by atoms with Gasteiger partial charge in [-0.2, -0.15) is 0 Å². The van der Waals surface area contributed by atoms with Crippen molar-refractivity contribution in [1.82, 2.24) is 10.2 Å². The van der Waals surface area contributed by atoms with Gasteiger partial charge in [0.25, 0.3) is 0 Å². The van der Waals surface area contributed by atoms with Crippen LogP contribution in [0.2, 0.25) is 0 Å². The average Bonchev–Trinajstić information content (AvgIpc) is 2.20. The predicted molar refractivity (Wildman–Crippen MR) is 75.5 cm³/mol. The van der Waals surface area contributed by atoms with Crippen LogP contribution >= 0.6 is 0 Å². The topological polar surface area (TPSA) is 24.5 Å². The molecule has 1 unspecified atom stereocenters. The second kappa shape index (κ2) is 8.90. The molecular weight excluding hydrogens is 212 g/mol. The Kier molecular flexibility index (Phi) is 8.83. The van der Waals surface area contributed by atoms with Crippen LogP contribution in [0.4, 0.5) is 0 Å². The Hall–Kier alpha value is -0.120. The van der Waals surface area contributed by atoms with E-state index in [0.29, 0.717) is 24.2 Å². The maximum atomic E-state index is 5.82. The molecule has 17 heavy (non-hydrogen) atoms. The van der Waals surface area contributed by atoms with Crippen molar-refractivity contribution in [3.05, 3.63) is 0 Å². The molecule has 0 aromatic carbocycles. The van der Waals surface area contributed by atoms with Gasteiger partial charge in [-0.3, -0.25) is 4.90 Å². The predicted octanol–water partition coefficient (Wildman–Crippen LogP) is 2.51. The van der Waals surface area contributed by atoms with Gasteiger partial charge in [-0.05, 0) is 34.6 Å². The summed E-state index contributed by atoms with van der Waals surface area (Å²) in [5.41, 5.74) is 0. The molecule has 0 aromatic rings. The van der Waals surface area contributed by atoms with Gasteiger partial charge in [0.2, 0.25) is 0 Å². The van der Waals surface area contributed by atoms with E-state index in [0.717, 1.165) is 19.7 Å². The fraction of sp³-hybridized carbons (Fsp3) is 1.00. The minimum absolute atomic E-state index is 0.290. The summed E-state index contributed by atoms with van der Waals surface area (Å²) in [6, 6.07) is 1.70. The van der Waals surface area contributed by atoms with Crippen LogP contribution in [-0.2, 0) is 4.74 Å². The first-order valence-electron chi connectivity index (χ1n) is 6.95. The third-order valence-corrected chi connectivity index (χ3v) is 2.89. The number of rotatable bonds is 9. The molecule has 0 aliphatic carbocycles. The highest BCUT2D eigenvalue weighted by Crippen LogP contribution is 2.04. The van der Waals surface area contributed by atoms with Gasteiger partial charge < -0.3 is 10.1 Å². The maximum Gasteiger partial charge on any atom is 0.0672 e. The zero-order valence-corrected chi connectivity index (χ0v) is 12.8. The summed E-state index contributed by atoms with van der Waals surface area (Å²) in [7, 11) is 0. The standard InChI is InChI=1S/C14H32N2O/c1-11(2)15-10-14(7)17-9-8-16(12(3)4)13(5)6/h11-15H,8-10H2,1-7H3. The molecule has 0 aliphatic rings. The molecule has 1 atom stereocenters. The number of nitrogens with one attached hydrogen (secondary N) is 1. The monoisotopic (exact) mass is 244 g/mol. The summed E-state index contributed by atoms with van der Waals surface area (Å²) in [6.07, 6.45) is 0.290. The zero-order chi connectivity index (χ0) is 13.4. The summed E-state index contributed by atoms with van der Waals surface area (Å²) in [5.74, 6) is 0. The molecule has 0 heterocycles. The van der Waals surface area contributed by atoms with Crippen LogP contribution in [0.15, 0.2) is 0 Å². The van der Waals surface area contributed by atoms with Crippen molar-refractivity contribution in [3.8, 4) is 0 Å². The number of ether oxygens (including phenoxy) is 1. The van der Waals surface area contributed by atoms with Crippen LogP contribution in [0.1, 0.15) is 48.5 Å². The van der Waals surface area contributed by atoms with E-state index < -0.39 is 0 Å². The minimum Gasteiger partial charge on any atom is -0.376 e. The molecular formula is C14H32N2O. The Labute approximate surface area is 108 Å². The number of hydrogen-bond acceptors (Lipinski definition) is 3. The lowest BCUT2D eigenvalue weighted by Gasteiger charge is -2.30. The van der Waals surface area contributed by atoms with E-state index in [1.807, 2.05) is 0 Å². The minimum atomic E-state index is 0.290. The number of nitrogens with zero attached hydrogens (tertiary/aromatic N) is 1. The average molecular weight is 244 g/mol. The molecule has 0 rings (SSSR count). The molecule has 3 heteroatoms. The highest BCUT2D eigenvalue weighted by Gasteiger charge is 2.13. The number of hydrogen-bond donors (Lipinski definition) is 1. The largest absolute Gasteiger partial charge is 0.376 e. The van der Waals surface area contributed by atoms with Crippen LogP contribution in [0.3, 0.4) is 0 Å². The van der Waals surface area contributed by atoms with Gasteiger partial charge in [-0.1, -0.05) is 13.8 Å². The second-order valence-corrected chi connectivity index (χ2v) is 5.67. The van der Waals surface area contributed by atoms with Gasteiger partial charge in [-0.25, -0.2) is 0 Å². The molecule has 0 aromatic heterocycles. The Bertz CT molecular complexity index is 173. The van der Waals surface area contributed by atoms with Crippen molar-refractivity contribution < 1.29 is 4.74 Å². The Balaban J connectivity index is 3.73. The van der Waals surface area contributed by atoms with E-state index in [1.165, 1.54) is 0 Å². The van der Waals surface area contributed by atoms with Crippen molar-refractivity contribution in [2.45, 2.75) is 72.7 Å². The Morgan fingerprint density at radius 2 is 1.47 bits per heavy atom. The molecule has 0 amide bonds. The lowest BCUT2D eigenvalue weighted by molar-refractivity contribution is 0.0341. The van der Waals surface area contributed by atoms with Crippen LogP contribution in [-0.4, -0.2) is 48.8 Å². The highest BCUT2D eigenvalue weighted by molar-refractivity contribution is 4.67. The maximum absolute atomic E-state index is 5.82. The summed E-state index contributed by atoms with van der Waals surface area (Å²) >= 11 is 0. The van der Waals surface area contributed by atoms with E-state index in [4.69, 9.17) is 4.74 Å². The van der Waals surface area contributed by atoms with E-state index in [-0.39, 0.29) is 0 Å². The van der Waals surface area contributed by atoms with Gasteiger partial charge in [0.05, 0.1) is 12.7 Å². The van der Waals surface area contributed by atoms with Gasteiger partial charge in [0.15, 0.2) is 0 Å². The van der Waals surface area contributed by atoms with E-state index in [9.17, 15) is 0 Å². The fourth-order valence-electron chi connectivity index (χ4n) is 1.93. The molecule has 3 nitrogen and oxygen atoms in total. The molecule has 0 saturated carbocycles. The van der Waals surface area contributed by atoms with Gasteiger partial charge in [0, 0.05) is 31.2 Å². The fourth-order valence-corrected chi connectivity index (χ4v) is 1.93. The molecule has 0 aliphatic heterocycles.